The Morgan fingerprint density at radius 2 is 1.93 bits per heavy atom. The minimum Gasteiger partial charge on any atom is -0.323 e. The summed E-state index contributed by atoms with van der Waals surface area (Å²) in [6.45, 7) is 5.18. The van der Waals surface area contributed by atoms with Gasteiger partial charge in [-0.1, -0.05) is 13.8 Å². The first-order valence-electron chi connectivity index (χ1n) is 9.45. The summed E-state index contributed by atoms with van der Waals surface area (Å²) in [4.78, 5) is 42.6. The van der Waals surface area contributed by atoms with E-state index >= 15 is 0 Å². The first-order chi connectivity index (χ1) is 12.9. The average molecular weight is 377 g/mol. The minimum absolute atomic E-state index is 0.267. The van der Waals surface area contributed by atoms with Crippen LogP contribution >= 0.6 is 0 Å². The minimum atomic E-state index is -0.912. The lowest BCUT2D eigenvalue weighted by Gasteiger charge is -2.22. The molecule has 10 nitrogen and oxygen atoms in total. The van der Waals surface area contributed by atoms with E-state index in [4.69, 9.17) is 0 Å². The summed E-state index contributed by atoms with van der Waals surface area (Å²) in [6, 6.07) is -0.535. The van der Waals surface area contributed by atoms with Gasteiger partial charge in [-0.15, -0.1) is 0 Å². The van der Waals surface area contributed by atoms with E-state index in [0.717, 1.165) is 30.8 Å². The van der Waals surface area contributed by atoms with E-state index in [9.17, 15) is 14.4 Å². The number of urea groups is 1. The van der Waals surface area contributed by atoms with Crippen molar-refractivity contribution in [1.29, 1.82) is 0 Å². The van der Waals surface area contributed by atoms with Crippen molar-refractivity contribution in [3.63, 3.8) is 0 Å². The zero-order chi connectivity index (χ0) is 19.6. The first-order valence-corrected chi connectivity index (χ1v) is 9.45. The van der Waals surface area contributed by atoms with Crippen molar-refractivity contribution in [2.75, 3.05) is 25.0 Å². The molecule has 4 amide bonds. The highest BCUT2D eigenvalue weighted by Gasteiger charge is 2.49. The molecule has 2 fully saturated rings. The number of imide groups is 1. The number of carbonyl (C=O) groups is 3. The molecule has 3 rings (SSSR count). The first kappa shape index (κ1) is 19.3. The highest BCUT2D eigenvalue weighted by molar-refractivity contribution is 6.09. The summed E-state index contributed by atoms with van der Waals surface area (Å²) < 4.78 is 1.52. The largest absolute Gasteiger partial charge is 0.325 e. The second-order valence-corrected chi connectivity index (χ2v) is 7.10. The fourth-order valence-corrected chi connectivity index (χ4v) is 3.62. The number of amides is 4. The SMILES string of the molecule is CCC1(CC)NC(=O)N(CC(=O)Nc2nc(C3CCNCC3)nn2C)C1=O. The van der Waals surface area contributed by atoms with Crippen molar-refractivity contribution >= 4 is 23.8 Å². The summed E-state index contributed by atoms with van der Waals surface area (Å²) >= 11 is 0. The number of rotatable bonds is 6. The number of aromatic nitrogens is 3. The Bertz CT molecular complexity index is 735. The number of nitrogens with one attached hydrogen (secondary N) is 3. The zero-order valence-corrected chi connectivity index (χ0v) is 16.0. The van der Waals surface area contributed by atoms with Crippen LogP contribution in [0.5, 0.6) is 0 Å². The van der Waals surface area contributed by atoms with E-state index < -0.39 is 17.5 Å². The lowest BCUT2D eigenvalue weighted by atomic mass is 9.93. The van der Waals surface area contributed by atoms with Gasteiger partial charge in [0.1, 0.15) is 12.1 Å². The third-order valence-corrected chi connectivity index (χ3v) is 5.49. The number of nitrogens with zero attached hydrogens (tertiary/aromatic N) is 4. The van der Waals surface area contributed by atoms with E-state index in [1.807, 2.05) is 13.8 Å². The van der Waals surface area contributed by atoms with Crippen LogP contribution in [0.1, 0.15) is 51.3 Å². The summed E-state index contributed by atoms with van der Waals surface area (Å²) in [5.41, 5.74) is -0.912. The van der Waals surface area contributed by atoms with Crippen LogP contribution in [0.3, 0.4) is 0 Å². The third-order valence-electron chi connectivity index (χ3n) is 5.49. The molecule has 3 N–H and O–H groups in total. The molecule has 10 heteroatoms. The second kappa shape index (κ2) is 7.63. The molecule has 0 radical (unpaired) electrons. The number of carbonyl (C=O) groups excluding carboxylic acids is 3. The number of piperidine rings is 1. The molecule has 148 valence electrons. The van der Waals surface area contributed by atoms with Crippen LogP contribution in [0.2, 0.25) is 0 Å². The zero-order valence-electron chi connectivity index (χ0n) is 16.0. The van der Waals surface area contributed by atoms with Gasteiger partial charge in [-0.05, 0) is 38.8 Å². The van der Waals surface area contributed by atoms with E-state index in [-0.39, 0.29) is 18.4 Å². The molecular weight excluding hydrogens is 350 g/mol. The predicted octanol–water partition coefficient (Wildman–Crippen LogP) is 0.331. The van der Waals surface area contributed by atoms with Crippen molar-refractivity contribution in [3.05, 3.63) is 5.82 Å². The Morgan fingerprint density at radius 1 is 1.26 bits per heavy atom. The van der Waals surface area contributed by atoms with E-state index in [0.29, 0.717) is 24.6 Å². The molecule has 0 bridgehead atoms. The summed E-state index contributed by atoms with van der Waals surface area (Å²) in [6.07, 6.45) is 2.87. The fraction of sp³-hybridized carbons (Fsp3) is 0.706. The molecule has 0 saturated carbocycles. The van der Waals surface area contributed by atoms with E-state index in [2.05, 4.69) is 26.0 Å². The molecular formula is C17H27N7O3. The quantitative estimate of drug-likeness (QED) is 0.615. The smallest absolute Gasteiger partial charge is 0.323 e. The molecule has 1 aromatic rings. The second-order valence-electron chi connectivity index (χ2n) is 7.10. The van der Waals surface area contributed by atoms with Gasteiger partial charge in [0.25, 0.3) is 5.91 Å². The maximum absolute atomic E-state index is 12.6. The monoisotopic (exact) mass is 377 g/mol. The molecule has 2 aliphatic rings. The molecule has 0 unspecified atom stereocenters. The summed E-state index contributed by atoms with van der Waals surface area (Å²) in [5, 5.41) is 13.1. The van der Waals surface area contributed by atoms with Crippen molar-refractivity contribution in [2.45, 2.75) is 51.0 Å². The van der Waals surface area contributed by atoms with E-state index in [1.54, 1.807) is 7.05 Å². The molecule has 3 heterocycles. The highest BCUT2D eigenvalue weighted by atomic mass is 16.2. The Morgan fingerprint density at radius 3 is 2.52 bits per heavy atom. The number of aryl methyl sites for hydroxylation is 1. The number of hydrogen-bond acceptors (Lipinski definition) is 6. The van der Waals surface area contributed by atoms with Gasteiger partial charge in [-0.3, -0.25) is 19.8 Å². The van der Waals surface area contributed by atoms with E-state index in [1.165, 1.54) is 4.68 Å². The van der Waals surface area contributed by atoms with Gasteiger partial charge in [0.2, 0.25) is 11.9 Å². The van der Waals surface area contributed by atoms with Gasteiger partial charge in [-0.2, -0.15) is 10.1 Å². The number of hydrogen-bond donors (Lipinski definition) is 3. The van der Waals surface area contributed by atoms with Crippen LogP contribution in [0.4, 0.5) is 10.7 Å². The number of anilines is 1. The summed E-state index contributed by atoms with van der Waals surface area (Å²) in [7, 11) is 1.71. The molecule has 1 aromatic heterocycles. The Hall–Kier alpha value is -2.49. The molecule has 2 aliphatic heterocycles. The van der Waals surface area contributed by atoms with Gasteiger partial charge >= 0.3 is 6.03 Å². The van der Waals surface area contributed by atoms with Crippen LogP contribution < -0.4 is 16.0 Å². The van der Waals surface area contributed by atoms with Crippen molar-refractivity contribution in [3.8, 4) is 0 Å². The molecule has 0 aromatic carbocycles. The maximum atomic E-state index is 12.6. The van der Waals surface area contributed by atoms with Gasteiger partial charge in [-0.25, -0.2) is 9.48 Å². The Labute approximate surface area is 158 Å². The van der Waals surface area contributed by atoms with Crippen LogP contribution in [0.15, 0.2) is 0 Å². The lowest BCUT2D eigenvalue weighted by molar-refractivity contribution is -0.134. The summed E-state index contributed by atoms with van der Waals surface area (Å²) in [5.74, 6) is 0.455. The normalized spacial score (nSPS) is 20.0. The highest BCUT2D eigenvalue weighted by Crippen LogP contribution is 2.25. The lowest BCUT2D eigenvalue weighted by Crippen LogP contribution is -2.46. The molecule has 2 saturated heterocycles. The average Bonchev–Trinajstić information content (AvgIpc) is 3.15. The predicted molar refractivity (Wildman–Crippen MR) is 98.0 cm³/mol. The van der Waals surface area contributed by atoms with Crippen molar-refractivity contribution in [1.82, 2.24) is 30.3 Å². The Kier molecular flexibility index (Phi) is 5.45. The standard InChI is InChI=1S/C17H27N7O3/c1-4-17(5-2)14(26)24(16(27)21-17)10-12(25)19-15-20-13(22-23(15)3)11-6-8-18-9-7-11/h11,18H,4-10H2,1-3H3,(H,21,27)(H,19,20,22,25). The van der Waals surface area contributed by atoms with Crippen LogP contribution in [-0.4, -0.2) is 62.7 Å². The van der Waals surface area contributed by atoms with Crippen LogP contribution in [-0.2, 0) is 16.6 Å². The molecule has 27 heavy (non-hydrogen) atoms. The Balaban J connectivity index is 1.65. The van der Waals surface area contributed by atoms with Crippen molar-refractivity contribution in [2.24, 2.45) is 7.05 Å². The molecule has 0 aliphatic carbocycles. The molecule has 0 atom stereocenters. The fourth-order valence-electron chi connectivity index (χ4n) is 3.62. The van der Waals surface area contributed by atoms with Gasteiger partial charge in [0, 0.05) is 13.0 Å². The maximum Gasteiger partial charge on any atom is 0.325 e. The van der Waals surface area contributed by atoms with Crippen LogP contribution in [0, 0.1) is 0 Å². The van der Waals surface area contributed by atoms with Gasteiger partial charge in [0.15, 0.2) is 5.82 Å². The van der Waals surface area contributed by atoms with Gasteiger partial charge in [0.05, 0.1) is 0 Å². The molecule has 0 spiro atoms. The van der Waals surface area contributed by atoms with Crippen LogP contribution in [0.25, 0.3) is 0 Å². The topological polar surface area (TPSA) is 121 Å². The van der Waals surface area contributed by atoms with Gasteiger partial charge < -0.3 is 10.6 Å². The third kappa shape index (κ3) is 3.66. The van der Waals surface area contributed by atoms with Crippen molar-refractivity contribution < 1.29 is 14.4 Å².